The van der Waals surface area contributed by atoms with Gasteiger partial charge >= 0.3 is 5.69 Å². The average molecular weight is 296 g/mol. The van der Waals surface area contributed by atoms with Gasteiger partial charge in [0, 0.05) is 13.1 Å². The Kier molecular flexibility index (Phi) is 2.87. The third-order valence-electron chi connectivity index (χ3n) is 3.13. The van der Waals surface area contributed by atoms with Gasteiger partial charge in [0.2, 0.25) is 15.9 Å². The molecule has 1 aromatic carbocycles. The van der Waals surface area contributed by atoms with E-state index in [1.54, 1.807) is 0 Å². The monoisotopic (exact) mass is 296 g/mol. The first-order chi connectivity index (χ1) is 9.46. The van der Waals surface area contributed by atoms with Gasteiger partial charge < -0.3 is 15.3 Å². The van der Waals surface area contributed by atoms with Crippen molar-refractivity contribution in [1.29, 1.82) is 0 Å². The van der Waals surface area contributed by atoms with Gasteiger partial charge in [-0.1, -0.05) is 0 Å². The number of imidazole rings is 1. The molecule has 0 radical (unpaired) electrons. The van der Waals surface area contributed by atoms with Crippen LogP contribution < -0.4 is 11.0 Å². The van der Waals surface area contributed by atoms with Crippen molar-refractivity contribution in [2.45, 2.75) is 4.90 Å². The second-order valence-corrected chi connectivity index (χ2v) is 6.41. The van der Waals surface area contributed by atoms with Crippen molar-refractivity contribution in [3.8, 4) is 0 Å². The van der Waals surface area contributed by atoms with E-state index in [1.165, 1.54) is 18.2 Å². The van der Waals surface area contributed by atoms with Crippen LogP contribution >= 0.6 is 0 Å². The molecule has 3 N–H and O–H groups in total. The second kappa shape index (κ2) is 4.46. The van der Waals surface area contributed by atoms with Crippen molar-refractivity contribution >= 4 is 27.0 Å². The molecule has 1 fully saturated rings. The lowest BCUT2D eigenvalue weighted by Gasteiger charge is -2.25. The smallest absolute Gasteiger partial charge is 0.323 e. The molecule has 1 aliphatic heterocycles. The quantitative estimate of drug-likeness (QED) is 0.657. The van der Waals surface area contributed by atoms with Crippen molar-refractivity contribution in [2.75, 3.05) is 19.6 Å². The van der Waals surface area contributed by atoms with Crippen LogP contribution in [0.15, 0.2) is 27.9 Å². The molecule has 1 aliphatic rings. The molecule has 106 valence electrons. The van der Waals surface area contributed by atoms with Crippen LogP contribution in [-0.4, -0.2) is 48.2 Å². The zero-order valence-electron chi connectivity index (χ0n) is 10.3. The number of hydrogen-bond donors (Lipinski definition) is 3. The fourth-order valence-electron chi connectivity index (χ4n) is 2.14. The maximum absolute atomic E-state index is 12.4. The number of fused-ring (bicyclic) bond motifs is 1. The highest BCUT2D eigenvalue weighted by molar-refractivity contribution is 7.89. The molecule has 20 heavy (non-hydrogen) atoms. The highest BCUT2D eigenvalue weighted by Gasteiger charge is 2.29. The van der Waals surface area contributed by atoms with Gasteiger partial charge in [0.15, 0.2) is 0 Å². The third-order valence-corrected chi connectivity index (χ3v) is 4.97. The Morgan fingerprint density at radius 1 is 1.10 bits per heavy atom. The minimum atomic E-state index is -3.74. The lowest BCUT2D eigenvalue weighted by atomic mass is 10.3. The number of rotatable bonds is 2. The van der Waals surface area contributed by atoms with Crippen LogP contribution in [0.25, 0.3) is 11.0 Å². The van der Waals surface area contributed by atoms with Crippen molar-refractivity contribution in [1.82, 2.24) is 19.6 Å². The average Bonchev–Trinajstić information content (AvgIpc) is 2.77. The first-order valence-electron chi connectivity index (χ1n) is 5.96. The van der Waals surface area contributed by atoms with Crippen molar-refractivity contribution in [3.05, 3.63) is 28.7 Å². The predicted octanol–water partition coefficient (Wildman–Crippen LogP) is -1.02. The molecule has 2 heterocycles. The predicted molar refractivity (Wildman–Crippen MR) is 70.7 cm³/mol. The Bertz CT molecular complexity index is 835. The largest absolute Gasteiger partial charge is 0.354 e. The number of sulfonamides is 1. The second-order valence-electron chi connectivity index (χ2n) is 4.48. The number of nitrogens with one attached hydrogen (secondary N) is 3. The molecule has 0 atom stereocenters. The molecule has 0 unspecified atom stereocenters. The number of aromatic amines is 2. The molecule has 1 amide bonds. The summed E-state index contributed by atoms with van der Waals surface area (Å²) in [5.74, 6) is -0.323. The van der Waals surface area contributed by atoms with Crippen LogP contribution in [0.3, 0.4) is 0 Å². The number of carbonyl (C=O) groups is 1. The van der Waals surface area contributed by atoms with E-state index in [0.717, 1.165) is 4.31 Å². The minimum absolute atomic E-state index is 0.0509. The van der Waals surface area contributed by atoms with E-state index in [2.05, 4.69) is 15.3 Å². The number of piperazine rings is 1. The van der Waals surface area contributed by atoms with Gasteiger partial charge in [0.25, 0.3) is 0 Å². The van der Waals surface area contributed by atoms with Crippen LogP contribution in [0.5, 0.6) is 0 Å². The van der Waals surface area contributed by atoms with Crippen molar-refractivity contribution < 1.29 is 13.2 Å². The molecule has 0 spiro atoms. The fraction of sp³-hybridized carbons (Fsp3) is 0.273. The minimum Gasteiger partial charge on any atom is -0.354 e. The van der Waals surface area contributed by atoms with Crippen LogP contribution in [0.4, 0.5) is 0 Å². The lowest BCUT2D eigenvalue weighted by Crippen LogP contribution is -2.49. The summed E-state index contributed by atoms with van der Waals surface area (Å²) < 4.78 is 26.0. The van der Waals surface area contributed by atoms with Gasteiger partial charge in [-0.05, 0) is 18.2 Å². The van der Waals surface area contributed by atoms with E-state index in [4.69, 9.17) is 0 Å². The standard InChI is InChI=1S/C11H12N4O4S/c16-10-6-15(4-3-12-10)20(18,19)7-1-2-8-9(5-7)14-11(17)13-8/h1-2,5H,3-4,6H2,(H,12,16)(H2,13,14,17). The van der Waals surface area contributed by atoms with Crippen LogP contribution in [-0.2, 0) is 14.8 Å². The summed E-state index contributed by atoms with van der Waals surface area (Å²) in [6.07, 6.45) is 0. The summed E-state index contributed by atoms with van der Waals surface area (Å²) in [5.41, 5.74) is 0.551. The molecular weight excluding hydrogens is 284 g/mol. The number of benzene rings is 1. The number of H-pyrrole nitrogens is 2. The number of carbonyl (C=O) groups excluding carboxylic acids is 1. The van der Waals surface area contributed by atoms with Gasteiger partial charge in [-0.3, -0.25) is 4.79 Å². The summed E-state index contributed by atoms with van der Waals surface area (Å²) in [7, 11) is -3.74. The van der Waals surface area contributed by atoms with E-state index >= 15 is 0 Å². The summed E-state index contributed by atoms with van der Waals surface area (Å²) in [4.78, 5) is 27.6. The molecule has 1 saturated heterocycles. The molecule has 0 aliphatic carbocycles. The van der Waals surface area contributed by atoms with E-state index < -0.39 is 15.7 Å². The van der Waals surface area contributed by atoms with E-state index in [0.29, 0.717) is 17.6 Å². The molecular formula is C11H12N4O4S. The summed E-state index contributed by atoms with van der Waals surface area (Å²) in [5, 5.41) is 2.57. The van der Waals surface area contributed by atoms with Crippen LogP contribution in [0.2, 0.25) is 0 Å². The highest BCUT2D eigenvalue weighted by atomic mass is 32.2. The van der Waals surface area contributed by atoms with Crippen molar-refractivity contribution in [3.63, 3.8) is 0 Å². The Morgan fingerprint density at radius 3 is 2.60 bits per heavy atom. The summed E-state index contributed by atoms with van der Waals surface area (Å²) >= 11 is 0. The molecule has 3 rings (SSSR count). The third kappa shape index (κ3) is 2.10. The number of nitrogens with zero attached hydrogens (tertiary/aromatic N) is 1. The van der Waals surface area contributed by atoms with Gasteiger partial charge in [0.1, 0.15) is 0 Å². The number of aromatic nitrogens is 2. The van der Waals surface area contributed by atoms with Gasteiger partial charge in [-0.2, -0.15) is 4.31 Å². The first-order valence-corrected chi connectivity index (χ1v) is 7.40. The summed E-state index contributed by atoms with van der Waals surface area (Å²) in [6, 6.07) is 4.31. The number of hydrogen-bond acceptors (Lipinski definition) is 4. The van der Waals surface area contributed by atoms with E-state index in [-0.39, 0.29) is 23.9 Å². The Balaban J connectivity index is 2.03. The highest BCUT2D eigenvalue weighted by Crippen LogP contribution is 2.19. The lowest BCUT2D eigenvalue weighted by molar-refractivity contribution is -0.122. The van der Waals surface area contributed by atoms with Gasteiger partial charge in [0.05, 0.1) is 22.5 Å². The van der Waals surface area contributed by atoms with Crippen LogP contribution in [0, 0.1) is 0 Å². The zero-order valence-corrected chi connectivity index (χ0v) is 11.2. The first kappa shape index (κ1) is 12.9. The topological polar surface area (TPSA) is 115 Å². The molecule has 1 aromatic heterocycles. The molecule has 0 saturated carbocycles. The zero-order chi connectivity index (χ0) is 14.3. The van der Waals surface area contributed by atoms with E-state index in [1.807, 2.05) is 0 Å². The Hall–Kier alpha value is -2.13. The van der Waals surface area contributed by atoms with E-state index in [9.17, 15) is 18.0 Å². The van der Waals surface area contributed by atoms with Gasteiger partial charge in [-0.15, -0.1) is 0 Å². The molecule has 8 nitrogen and oxygen atoms in total. The van der Waals surface area contributed by atoms with Gasteiger partial charge in [-0.25, -0.2) is 13.2 Å². The Labute approximate surface area is 113 Å². The molecule has 0 bridgehead atoms. The Morgan fingerprint density at radius 2 is 1.85 bits per heavy atom. The normalized spacial score (nSPS) is 17.3. The van der Waals surface area contributed by atoms with Crippen LogP contribution in [0.1, 0.15) is 0 Å². The SMILES string of the molecule is O=C1CN(S(=O)(=O)c2ccc3[nH]c(=O)[nH]c3c2)CCN1. The summed E-state index contributed by atoms with van der Waals surface area (Å²) in [6.45, 7) is 0.334. The number of amides is 1. The maximum Gasteiger partial charge on any atom is 0.323 e. The maximum atomic E-state index is 12.4. The molecule has 2 aromatic rings. The fourth-order valence-corrected chi connectivity index (χ4v) is 3.57. The molecule has 9 heteroatoms. The van der Waals surface area contributed by atoms with Crippen molar-refractivity contribution in [2.24, 2.45) is 0 Å².